The van der Waals surface area contributed by atoms with Crippen molar-refractivity contribution in [2.24, 2.45) is 11.8 Å². The van der Waals surface area contributed by atoms with Gasteiger partial charge in [0.25, 0.3) is 0 Å². The third kappa shape index (κ3) is 5.21. The Morgan fingerprint density at radius 1 is 0.795 bits per heavy atom. The smallest absolute Gasteiger partial charge is 0.211 e. The lowest BCUT2D eigenvalue weighted by atomic mass is 9.72. The van der Waals surface area contributed by atoms with Crippen LogP contribution in [0.25, 0.3) is 0 Å². The molecule has 0 radical (unpaired) electrons. The zero-order chi connectivity index (χ0) is 27.9. The molecule has 5 rings (SSSR count). The average molecular weight is 559 g/mol. The van der Waals surface area contributed by atoms with Gasteiger partial charge in [0.05, 0.1) is 40.7 Å². The number of benzene rings is 2. The van der Waals surface area contributed by atoms with Gasteiger partial charge in [-0.1, -0.05) is 13.3 Å². The lowest BCUT2D eigenvalue weighted by Gasteiger charge is -2.49. The first-order valence-corrected chi connectivity index (χ1v) is 15.8. The van der Waals surface area contributed by atoms with Crippen molar-refractivity contribution in [3.8, 4) is 23.0 Å². The average Bonchev–Trinajstić information content (AvgIpc) is 2.94. The Hall–Kier alpha value is -2.49. The summed E-state index contributed by atoms with van der Waals surface area (Å²) in [7, 11) is 3.24. The van der Waals surface area contributed by atoms with Crippen LogP contribution in [0.4, 0.5) is 0 Å². The Morgan fingerprint density at radius 3 is 1.90 bits per heavy atom. The monoisotopic (exact) mass is 558 g/mol. The van der Waals surface area contributed by atoms with Gasteiger partial charge < -0.3 is 18.9 Å². The zero-order valence-electron chi connectivity index (χ0n) is 24.0. The molecule has 0 amide bonds. The van der Waals surface area contributed by atoms with E-state index in [-0.39, 0.29) is 12.1 Å². The summed E-state index contributed by atoms with van der Waals surface area (Å²) in [5.74, 6) is 3.72. The number of rotatable bonds is 8. The Labute approximate surface area is 233 Å². The van der Waals surface area contributed by atoms with Crippen molar-refractivity contribution in [2.75, 3.05) is 54.3 Å². The lowest BCUT2D eigenvalue weighted by molar-refractivity contribution is 0.0387. The van der Waals surface area contributed by atoms with Crippen molar-refractivity contribution in [3.63, 3.8) is 0 Å². The highest BCUT2D eigenvalue weighted by Gasteiger charge is 2.42. The van der Waals surface area contributed by atoms with Crippen molar-refractivity contribution in [1.82, 2.24) is 9.21 Å². The number of ether oxygens (including phenoxy) is 4. The SMILES string of the molecule is CC[C@H]1CN2CCc3cc(OC)c(OC)cc3[C@@H]2C[C@@H]1C[C@@H]1c2cc(OC)c(OC)cc2CCN1S(C)(=O)=O. The van der Waals surface area contributed by atoms with Crippen LogP contribution in [0, 0.1) is 11.8 Å². The second kappa shape index (κ2) is 11.2. The van der Waals surface area contributed by atoms with Gasteiger partial charge in [0.1, 0.15) is 0 Å². The van der Waals surface area contributed by atoms with E-state index in [1.807, 2.05) is 12.1 Å². The molecule has 3 aliphatic rings. The van der Waals surface area contributed by atoms with Gasteiger partial charge in [0.15, 0.2) is 23.0 Å². The molecular formula is C30H42N2O6S. The molecule has 1 fully saturated rings. The molecule has 0 bridgehead atoms. The van der Waals surface area contributed by atoms with Crippen molar-refractivity contribution < 1.29 is 27.4 Å². The minimum atomic E-state index is -3.40. The standard InChI is InChI=1S/C30H42N2O6S/c1-7-19-18-31-10-8-20-14-27(35-2)29(37-4)16-23(20)25(31)12-22(19)13-26-24-17-30(38-5)28(36-3)15-21(24)9-11-32(26)39(6,33)34/h14-17,19,22,25-26H,7-13,18H2,1-6H3/t19-,22+,25-,26+/m0/s1. The summed E-state index contributed by atoms with van der Waals surface area (Å²) in [6.45, 7) is 4.78. The topological polar surface area (TPSA) is 77.5 Å². The number of nitrogens with zero attached hydrogens (tertiary/aromatic N) is 2. The van der Waals surface area contributed by atoms with E-state index in [4.69, 9.17) is 18.9 Å². The Balaban J connectivity index is 1.52. The minimum Gasteiger partial charge on any atom is -0.493 e. The van der Waals surface area contributed by atoms with Crippen molar-refractivity contribution in [1.29, 1.82) is 0 Å². The third-order valence-corrected chi connectivity index (χ3v) is 10.5. The molecule has 3 heterocycles. The van der Waals surface area contributed by atoms with Gasteiger partial charge in [-0.2, -0.15) is 4.31 Å². The molecule has 0 spiro atoms. The highest BCUT2D eigenvalue weighted by molar-refractivity contribution is 7.88. The van der Waals surface area contributed by atoms with Gasteiger partial charge >= 0.3 is 0 Å². The Kier molecular flexibility index (Phi) is 8.04. The molecule has 39 heavy (non-hydrogen) atoms. The van der Waals surface area contributed by atoms with Crippen molar-refractivity contribution in [3.05, 3.63) is 46.5 Å². The van der Waals surface area contributed by atoms with Crippen LogP contribution in [0.2, 0.25) is 0 Å². The maximum atomic E-state index is 13.0. The molecule has 2 aromatic rings. The first-order valence-electron chi connectivity index (χ1n) is 13.9. The molecule has 4 atom stereocenters. The zero-order valence-corrected chi connectivity index (χ0v) is 24.8. The van der Waals surface area contributed by atoms with Crippen LogP contribution in [0.15, 0.2) is 24.3 Å². The van der Waals surface area contributed by atoms with Gasteiger partial charge in [-0.05, 0) is 84.0 Å². The fourth-order valence-corrected chi connectivity index (χ4v) is 8.27. The van der Waals surface area contributed by atoms with Crippen molar-refractivity contribution >= 4 is 10.0 Å². The molecule has 3 aliphatic heterocycles. The van der Waals surface area contributed by atoms with Crippen LogP contribution in [0.3, 0.4) is 0 Å². The molecule has 0 N–H and O–H groups in total. The van der Waals surface area contributed by atoms with Crippen LogP contribution in [-0.2, 0) is 22.9 Å². The van der Waals surface area contributed by atoms with Gasteiger partial charge in [0, 0.05) is 25.7 Å². The maximum Gasteiger partial charge on any atom is 0.211 e. The fourth-order valence-electron chi connectivity index (χ4n) is 7.19. The van der Waals surface area contributed by atoms with E-state index in [0.29, 0.717) is 36.3 Å². The van der Waals surface area contributed by atoms with E-state index < -0.39 is 10.0 Å². The predicted octanol–water partition coefficient (Wildman–Crippen LogP) is 4.62. The van der Waals surface area contributed by atoms with E-state index in [1.54, 1.807) is 32.7 Å². The van der Waals surface area contributed by atoms with Gasteiger partial charge in [0.2, 0.25) is 10.0 Å². The van der Waals surface area contributed by atoms with Gasteiger partial charge in [-0.25, -0.2) is 8.42 Å². The van der Waals surface area contributed by atoms with E-state index in [1.165, 1.54) is 17.4 Å². The lowest BCUT2D eigenvalue weighted by Crippen LogP contribution is -2.47. The molecule has 0 saturated carbocycles. The molecule has 8 nitrogen and oxygen atoms in total. The van der Waals surface area contributed by atoms with E-state index in [2.05, 4.69) is 24.0 Å². The van der Waals surface area contributed by atoms with Crippen LogP contribution in [0.5, 0.6) is 23.0 Å². The van der Waals surface area contributed by atoms with Crippen molar-refractivity contribution in [2.45, 2.75) is 51.1 Å². The highest BCUT2D eigenvalue weighted by Crippen LogP contribution is 2.49. The Bertz CT molecular complexity index is 1310. The first kappa shape index (κ1) is 28.1. The van der Waals surface area contributed by atoms with Crippen LogP contribution >= 0.6 is 0 Å². The second-order valence-corrected chi connectivity index (χ2v) is 13.0. The largest absolute Gasteiger partial charge is 0.493 e. The quantitative estimate of drug-likeness (QED) is 0.468. The van der Waals surface area contributed by atoms with Crippen LogP contribution in [0.1, 0.15) is 60.5 Å². The second-order valence-electron chi connectivity index (χ2n) is 11.1. The number of sulfonamides is 1. The summed E-state index contributed by atoms with van der Waals surface area (Å²) in [5.41, 5.74) is 4.81. The molecule has 0 aromatic heterocycles. The minimum absolute atomic E-state index is 0.234. The number of hydrogen-bond donors (Lipinski definition) is 0. The molecule has 1 saturated heterocycles. The number of piperidine rings is 1. The van der Waals surface area contributed by atoms with E-state index in [0.717, 1.165) is 61.4 Å². The molecular weight excluding hydrogens is 516 g/mol. The molecule has 2 aromatic carbocycles. The Morgan fingerprint density at radius 2 is 1.33 bits per heavy atom. The normalized spacial score (nSPS) is 25.3. The van der Waals surface area contributed by atoms with Gasteiger partial charge in [-0.3, -0.25) is 4.90 Å². The van der Waals surface area contributed by atoms with E-state index in [9.17, 15) is 8.42 Å². The first-order chi connectivity index (χ1) is 18.7. The summed E-state index contributed by atoms with van der Waals surface area (Å²) in [6.07, 6.45) is 5.82. The van der Waals surface area contributed by atoms with Crippen LogP contribution < -0.4 is 18.9 Å². The summed E-state index contributed by atoms with van der Waals surface area (Å²) in [6, 6.07) is 8.36. The molecule has 0 unspecified atom stereocenters. The highest BCUT2D eigenvalue weighted by atomic mass is 32.2. The van der Waals surface area contributed by atoms with E-state index >= 15 is 0 Å². The fraction of sp³-hybridized carbons (Fsp3) is 0.600. The summed E-state index contributed by atoms with van der Waals surface area (Å²) in [4.78, 5) is 2.62. The number of hydrogen-bond acceptors (Lipinski definition) is 7. The molecule has 214 valence electrons. The molecule has 0 aliphatic carbocycles. The summed E-state index contributed by atoms with van der Waals surface area (Å²) in [5, 5.41) is 0. The van der Waals surface area contributed by atoms with Crippen LogP contribution in [-0.4, -0.2) is 72.0 Å². The molecule has 9 heteroatoms. The predicted molar refractivity (Wildman–Crippen MR) is 152 cm³/mol. The maximum absolute atomic E-state index is 13.0. The number of fused-ring (bicyclic) bond motifs is 4. The summed E-state index contributed by atoms with van der Waals surface area (Å²) >= 11 is 0. The summed E-state index contributed by atoms with van der Waals surface area (Å²) < 4.78 is 50.2. The van der Waals surface area contributed by atoms with Gasteiger partial charge in [-0.15, -0.1) is 0 Å². The number of methoxy groups -OCH3 is 4. The third-order valence-electron chi connectivity index (χ3n) is 9.21.